The number of benzene rings is 1. The zero-order valence-electron chi connectivity index (χ0n) is 10.2. The van der Waals surface area contributed by atoms with E-state index in [9.17, 15) is 14.7 Å². The number of phenols is 1. The fourth-order valence-electron chi connectivity index (χ4n) is 2.21. The summed E-state index contributed by atoms with van der Waals surface area (Å²) in [6.07, 6.45) is 1.21. The number of amides is 1. The molecular weight excluding hydrogens is 270 g/mol. The Kier molecular flexibility index (Phi) is 3.95. The third kappa shape index (κ3) is 2.98. The highest BCUT2D eigenvalue weighted by Gasteiger charge is 2.29. The van der Waals surface area contributed by atoms with Gasteiger partial charge in [0.2, 0.25) is 0 Å². The van der Waals surface area contributed by atoms with Crippen molar-refractivity contribution in [3.63, 3.8) is 0 Å². The molecule has 0 saturated carbocycles. The number of hydrogen-bond donors (Lipinski definition) is 2. The summed E-state index contributed by atoms with van der Waals surface area (Å²) in [7, 11) is 0. The summed E-state index contributed by atoms with van der Waals surface area (Å²) in [4.78, 5) is 24.7. The van der Waals surface area contributed by atoms with E-state index in [0.29, 0.717) is 24.4 Å². The molecule has 1 aliphatic heterocycles. The molecule has 1 heterocycles. The van der Waals surface area contributed by atoms with Crippen LogP contribution in [0.1, 0.15) is 23.2 Å². The molecule has 19 heavy (non-hydrogen) atoms. The number of carbonyl (C=O) groups is 2. The van der Waals surface area contributed by atoms with Crippen LogP contribution in [0.15, 0.2) is 18.2 Å². The van der Waals surface area contributed by atoms with Crippen LogP contribution in [0.3, 0.4) is 0 Å². The van der Waals surface area contributed by atoms with Gasteiger partial charge < -0.3 is 15.1 Å². The molecule has 2 rings (SSSR count). The van der Waals surface area contributed by atoms with Gasteiger partial charge in [-0.25, -0.2) is 0 Å². The van der Waals surface area contributed by atoms with Crippen LogP contribution in [-0.4, -0.2) is 40.1 Å². The Hall–Kier alpha value is -1.75. The lowest BCUT2D eigenvalue weighted by Gasteiger charge is -2.30. The number of nitrogens with zero attached hydrogens (tertiary/aromatic N) is 1. The van der Waals surface area contributed by atoms with Crippen molar-refractivity contribution in [3.8, 4) is 5.75 Å². The fourth-order valence-corrected chi connectivity index (χ4v) is 2.39. The molecule has 6 heteroatoms. The van der Waals surface area contributed by atoms with E-state index in [4.69, 9.17) is 16.7 Å². The Balaban J connectivity index is 2.19. The Bertz CT molecular complexity index is 517. The molecule has 1 aromatic carbocycles. The number of halogens is 1. The molecule has 1 amide bonds. The van der Waals surface area contributed by atoms with Crippen molar-refractivity contribution in [2.75, 3.05) is 13.1 Å². The number of likely N-dealkylation sites (tertiary alicyclic amines) is 1. The topological polar surface area (TPSA) is 77.8 Å². The number of carboxylic acids is 1. The first-order valence-corrected chi connectivity index (χ1v) is 6.37. The third-order valence-corrected chi connectivity index (χ3v) is 3.48. The Morgan fingerprint density at radius 1 is 1.37 bits per heavy atom. The second-order valence-electron chi connectivity index (χ2n) is 4.59. The molecule has 102 valence electrons. The first-order chi connectivity index (χ1) is 8.99. The number of aromatic hydroxyl groups is 1. The van der Waals surface area contributed by atoms with Gasteiger partial charge in [0.1, 0.15) is 5.75 Å². The van der Waals surface area contributed by atoms with E-state index in [2.05, 4.69) is 0 Å². The minimum absolute atomic E-state index is 0.110. The number of piperidine rings is 1. The number of phenolic OH excluding ortho intramolecular Hbond substituents is 1. The molecule has 1 fully saturated rings. The molecule has 2 N–H and O–H groups in total. The van der Waals surface area contributed by atoms with Crippen molar-refractivity contribution in [3.05, 3.63) is 28.8 Å². The van der Waals surface area contributed by atoms with Gasteiger partial charge >= 0.3 is 5.97 Å². The quantitative estimate of drug-likeness (QED) is 0.870. The van der Waals surface area contributed by atoms with E-state index in [1.165, 1.54) is 23.1 Å². The molecule has 5 nitrogen and oxygen atoms in total. The summed E-state index contributed by atoms with van der Waals surface area (Å²) in [6, 6.07) is 4.24. The van der Waals surface area contributed by atoms with Crippen molar-refractivity contribution in [2.45, 2.75) is 12.8 Å². The summed E-state index contributed by atoms with van der Waals surface area (Å²) in [5.74, 6) is -1.97. The van der Waals surface area contributed by atoms with Crippen LogP contribution in [0, 0.1) is 5.92 Å². The number of carbonyl (C=O) groups excluding carboxylic acids is 1. The Morgan fingerprint density at radius 2 is 2.11 bits per heavy atom. The summed E-state index contributed by atoms with van der Waals surface area (Å²) in [5, 5.41) is 19.0. The number of aliphatic carboxylic acids is 1. The first-order valence-electron chi connectivity index (χ1n) is 5.99. The first kappa shape index (κ1) is 13.7. The summed E-state index contributed by atoms with van der Waals surface area (Å²) in [5.41, 5.74) is 0.110. The van der Waals surface area contributed by atoms with Gasteiger partial charge in [-0.15, -0.1) is 0 Å². The molecule has 1 aliphatic rings. The minimum atomic E-state index is -0.896. The van der Waals surface area contributed by atoms with Crippen molar-refractivity contribution in [1.29, 1.82) is 0 Å². The SMILES string of the molecule is O=C(O)C1CCCN(C(=O)c2cc(Cl)ccc2O)C1. The molecule has 1 aromatic rings. The van der Waals surface area contributed by atoms with Gasteiger partial charge in [-0.1, -0.05) is 11.6 Å². The molecule has 0 aromatic heterocycles. The number of carboxylic acid groups (broad SMARTS) is 1. The van der Waals surface area contributed by atoms with Gasteiger partial charge in [0.15, 0.2) is 0 Å². The molecular formula is C13H14ClNO4. The second kappa shape index (κ2) is 5.48. The van der Waals surface area contributed by atoms with E-state index in [-0.39, 0.29) is 23.8 Å². The van der Waals surface area contributed by atoms with Crippen molar-refractivity contribution >= 4 is 23.5 Å². The highest BCUT2D eigenvalue weighted by atomic mass is 35.5. The molecule has 0 spiro atoms. The fraction of sp³-hybridized carbons (Fsp3) is 0.385. The number of hydrogen-bond acceptors (Lipinski definition) is 3. The second-order valence-corrected chi connectivity index (χ2v) is 5.03. The van der Waals surface area contributed by atoms with Crippen LogP contribution < -0.4 is 0 Å². The average Bonchev–Trinajstić information content (AvgIpc) is 2.41. The molecule has 0 aliphatic carbocycles. The molecule has 1 saturated heterocycles. The molecule has 0 bridgehead atoms. The van der Waals surface area contributed by atoms with E-state index in [1.54, 1.807) is 0 Å². The largest absolute Gasteiger partial charge is 0.507 e. The van der Waals surface area contributed by atoms with Gasteiger partial charge in [-0.2, -0.15) is 0 Å². The molecule has 1 unspecified atom stereocenters. The maximum absolute atomic E-state index is 12.3. The zero-order valence-corrected chi connectivity index (χ0v) is 10.9. The zero-order chi connectivity index (χ0) is 14.0. The Labute approximate surface area is 115 Å². The van der Waals surface area contributed by atoms with Crippen molar-refractivity contribution in [2.24, 2.45) is 5.92 Å². The van der Waals surface area contributed by atoms with Gasteiger partial charge in [0, 0.05) is 18.1 Å². The van der Waals surface area contributed by atoms with Gasteiger partial charge in [-0.05, 0) is 31.0 Å². The van der Waals surface area contributed by atoms with Crippen molar-refractivity contribution < 1.29 is 19.8 Å². The van der Waals surface area contributed by atoms with Gasteiger partial charge in [-0.3, -0.25) is 9.59 Å². The minimum Gasteiger partial charge on any atom is -0.507 e. The van der Waals surface area contributed by atoms with Crippen LogP contribution in [0.2, 0.25) is 5.02 Å². The van der Waals surface area contributed by atoms with Crippen molar-refractivity contribution in [1.82, 2.24) is 4.90 Å². The highest BCUT2D eigenvalue weighted by molar-refractivity contribution is 6.31. The smallest absolute Gasteiger partial charge is 0.308 e. The number of rotatable bonds is 2. The van der Waals surface area contributed by atoms with Crippen LogP contribution in [0.4, 0.5) is 0 Å². The van der Waals surface area contributed by atoms with Crippen LogP contribution in [-0.2, 0) is 4.79 Å². The van der Waals surface area contributed by atoms with Gasteiger partial charge in [0.25, 0.3) is 5.91 Å². The van der Waals surface area contributed by atoms with E-state index in [1.807, 2.05) is 0 Å². The molecule has 1 atom stereocenters. The summed E-state index contributed by atoms with van der Waals surface area (Å²) in [6.45, 7) is 0.661. The van der Waals surface area contributed by atoms with Crippen LogP contribution in [0.5, 0.6) is 5.75 Å². The molecule has 0 radical (unpaired) electrons. The van der Waals surface area contributed by atoms with Crippen LogP contribution >= 0.6 is 11.6 Å². The predicted octanol–water partition coefficient (Wildman–Crippen LogP) is 1.98. The highest BCUT2D eigenvalue weighted by Crippen LogP contribution is 2.25. The lowest BCUT2D eigenvalue weighted by molar-refractivity contribution is -0.143. The van der Waals surface area contributed by atoms with Gasteiger partial charge in [0.05, 0.1) is 11.5 Å². The summed E-state index contributed by atoms with van der Waals surface area (Å²) < 4.78 is 0. The monoisotopic (exact) mass is 283 g/mol. The van der Waals surface area contributed by atoms with E-state index < -0.39 is 11.9 Å². The van der Waals surface area contributed by atoms with Crippen LogP contribution in [0.25, 0.3) is 0 Å². The van der Waals surface area contributed by atoms with E-state index in [0.717, 1.165) is 0 Å². The van der Waals surface area contributed by atoms with E-state index >= 15 is 0 Å². The lowest BCUT2D eigenvalue weighted by Crippen LogP contribution is -2.42. The predicted molar refractivity (Wildman–Crippen MR) is 69.4 cm³/mol. The Morgan fingerprint density at radius 3 is 2.79 bits per heavy atom. The summed E-state index contributed by atoms with van der Waals surface area (Å²) >= 11 is 5.80. The third-order valence-electron chi connectivity index (χ3n) is 3.25. The standard InChI is InChI=1S/C13H14ClNO4/c14-9-3-4-11(16)10(6-9)12(17)15-5-1-2-8(7-15)13(18)19/h3-4,6,8,16H,1-2,5,7H2,(H,18,19). The lowest BCUT2D eigenvalue weighted by atomic mass is 9.97. The maximum Gasteiger partial charge on any atom is 0.308 e. The average molecular weight is 284 g/mol. The normalized spacial score (nSPS) is 19.2. The maximum atomic E-state index is 12.3.